The van der Waals surface area contributed by atoms with Crippen LogP contribution in [-0.4, -0.2) is 58.2 Å². The smallest absolute Gasteiger partial charge is 0.362 e. The second-order valence-corrected chi connectivity index (χ2v) is 5.94. The lowest BCUT2D eigenvalue weighted by Crippen LogP contribution is -2.70. The largest absolute Gasteiger partial charge is 0.479 e. The van der Waals surface area contributed by atoms with Gasteiger partial charge < -0.3 is 10.4 Å². The number of amides is 1. The molecule has 1 fully saturated rings. The van der Waals surface area contributed by atoms with Crippen LogP contribution in [0.4, 0.5) is 0 Å². The second-order valence-electron chi connectivity index (χ2n) is 4.65. The summed E-state index contributed by atoms with van der Waals surface area (Å²) < 4.78 is 31.0. The molecule has 0 bridgehead atoms. The Morgan fingerprint density at radius 2 is 2.09 bits per heavy atom. The number of carbonyl (C=O) groups excluding carboxylic acids is 2. The van der Waals surface area contributed by atoms with E-state index in [1.807, 2.05) is 0 Å². The number of β-lactam (4-membered cyclic amide) rings is 1. The number of nitrogens with two attached hydrogens (primary N) is 1. The highest BCUT2D eigenvalue weighted by Crippen LogP contribution is 2.26. The van der Waals surface area contributed by atoms with E-state index in [-0.39, 0.29) is 16.3 Å². The van der Waals surface area contributed by atoms with Crippen molar-refractivity contribution in [2.75, 3.05) is 0 Å². The summed E-state index contributed by atoms with van der Waals surface area (Å²) in [6.45, 7) is 2.33. The highest BCUT2D eigenvalue weighted by atomic mass is 32.2. The number of nitrogens with zero attached hydrogens (tertiary/aromatic N) is 1. The number of aldehydes is 1. The molecule has 12 heteroatoms. The van der Waals surface area contributed by atoms with Gasteiger partial charge in [0.15, 0.2) is 0 Å². The van der Waals surface area contributed by atoms with Gasteiger partial charge in [-0.1, -0.05) is 0 Å². The topological polar surface area (TPSA) is 176 Å². The number of rotatable bonds is 7. The molecule has 3 unspecified atom stereocenters. The van der Waals surface area contributed by atoms with Crippen molar-refractivity contribution in [2.45, 2.75) is 31.5 Å². The molecule has 0 aliphatic carbocycles. The SMILES string of the molecule is CC1C(NC(=CC=O)C(C)(ON)C(=O)O)C(=O)N1S(=O)(=O)O. The van der Waals surface area contributed by atoms with Crippen LogP contribution in [0.25, 0.3) is 0 Å². The van der Waals surface area contributed by atoms with Crippen LogP contribution in [0, 0.1) is 0 Å². The second kappa shape index (κ2) is 6.00. The summed E-state index contributed by atoms with van der Waals surface area (Å²) in [6, 6.07) is -2.18. The fourth-order valence-electron chi connectivity index (χ4n) is 1.91. The zero-order chi connectivity index (χ0) is 17.3. The molecule has 1 aliphatic heterocycles. The quantitative estimate of drug-likeness (QED) is 0.131. The summed E-state index contributed by atoms with van der Waals surface area (Å²) in [6.07, 6.45) is 1.04. The first-order valence-corrected chi connectivity index (χ1v) is 7.24. The molecule has 1 aliphatic rings. The fourth-order valence-corrected chi connectivity index (χ4v) is 2.80. The minimum atomic E-state index is -4.72. The van der Waals surface area contributed by atoms with Crippen LogP contribution in [0.1, 0.15) is 13.8 Å². The molecule has 5 N–H and O–H groups in total. The summed E-state index contributed by atoms with van der Waals surface area (Å²) in [5, 5.41) is 11.5. The Morgan fingerprint density at radius 1 is 1.55 bits per heavy atom. The Kier molecular flexibility index (Phi) is 4.92. The van der Waals surface area contributed by atoms with Crippen molar-refractivity contribution in [1.29, 1.82) is 0 Å². The normalized spacial score (nSPS) is 25.2. The summed E-state index contributed by atoms with van der Waals surface area (Å²) >= 11 is 0. The number of hydrogen-bond acceptors (Lipinski definition) is 8. The molecular weight excluding hydrogens is 322 g/mol. The van der Waals surface area contributed by atoms with Crippen LogP contribution in [0.2, 0.25) is 0 Å². The molecule has 22 heavy (non-hydrogen) atoms. The van der Waals surface area contributed by atoms with Crippen molar-refractivity contribution in [3.05, 3.63) is 11.8 Å². The van der Waals surface area contributed by atoms with Crippen LogP contribution in [0.15, 0.2) is 11.8 Å². The molecule has 3 atom stereocenters. The van der Waals surface area contributed by atoms with E-state index in [1.165, 1.54) is 6.92 Å². The number of carboxylic acids is 1. The van der Waals surface area contributed by atoms with Gasteiger partial charge >= 0.3 is 16.3 Å². The van der Waals surface area contributed by atoms with Gasteiger partial charge in [-0.15, -0.1) is 0 Å². The number of hydrogen-bond donors (Lipinski definition) is 4. The Morgan fingerprint density at radius 3 is 2.41 bits per heavy atom. The van der Waals surface area contributed by atoms with Gasteiger partial charge in [-0.05, 0) is 13.8 Å². The van der Waals surface area contributed by atoms with Gasteiger partial charge in [0.2, 0.25) is 5.60 Å². The zero-order valence-corrected chi connectivity index (χ0v) is 12.4. The van der Waals surface area contributed by atoms with Crippen LogP contribution >= 0.6 is 0 Å². The van der Waals surface area contributed by atoms with Crippen molar-refractivity contribution in [3.8, 4) is 0 Å². The van der Waals surface area contributed by atoms with Crippen molar-refractivity contribution >= 4 is 28.5 Å². The first-order valence-electron chi connectivity index (χ1n) is 5.85. The summed E-state index contributed by atoms with van der Waals surface area (Å²) in [4.78, 5) is 37.9. The monoisotopic (exact) mass is 337 g/mol. The summed E-state index contributed by atoms with van der Waals surface area (Å²) in [5.74, 6) is 2.37. The zero-order valence-electron chi connectivity index (χ0n) is 11.6. The molecule has 1 amide bonds. The van der Waals surface area contributed by atoms with E-state index in [0.717, 1.165) is 13.0 Å². The number of carboxylic acid groups (broad SMARTS) is 1. The fraction of sp³-hybridized carbons (Fsp3) is 0.500. The molecule has 0 aromatic rings. The van der Waals surface area contributed by atoms with Crippen molar-refractivity contribution < 1.29 is 37.3 Å². The average Bonchev–Trinajstić information content (AvgIpc) is 2.40. The molecule has 1 rings (SSSR count). The van der Waals surface area contributed by atoms with Crippen molar-refractivity contribution in [3.63, 3.8) is 0 Å². The first kappa shape index (κ1) is 18.0. The Balaban J connectivity index is 3.06. The molecule has 0 radical (unpaired) electrons. The minimum absolute atomic E-state index is 0.213. The van der Waals surface area contributed by atoms with E-state index in [1.54, 1.807) is 0 Å². The van der Waals surface area contributed by atoms with E-state index in [9.17, 15) is 22.8 Å². The molecule has 0 spiro atoms. The van der Waals surface area contributed by atoms with Crippen molar-refractivity contribution in [2.24, 2.45) is 5.90 Å². The average molecular weight is 337 g/mol. The molecule has 11 nitrogen and oxygen atoms in total. The molecule has 0 aromatic heterocycles. The number of nitrogens with one attached hydrogen (secondary N) is 1. The third kappa shape index (κ3) is 2.94. The van der Waals surface area contributed by atoms with E-state index in [0.29, 0.717) is 0 Å². The van der Waals surface area contributed by atoms with Gasteiger partial charge in [0, 0.05) is 6.08 Å². The number of carbonyl (C=O) groups is 3. The summed E-state index contributed by atoms with van der Waals surface area (Å²) in [7, 11) is -4.72. The van der Waals surface area contributed by atoms with Crippen LogP contribution in [0.5, 0.6) is 0 Å². The van der Waals surface area contributed by atoms with E-state index >= 15 is 0 Å². The summed E-state index contributed by atoms with van der Waals surface area (Å²) in [5.41, 5.74) is -2.50. The third-order valence-electron chi connectivity index (χ3n) is 3.29. The highest BCUT2D eigenvalue weighted by molar-refractivity contribution is 7.84. The van der Waals surface area contributed by atoms with Gasteiger partial charge in [-0.3, -0.25) is 19.0 Å². The lowest BCUT2D eigenvalue weighted by Gasteiger charge is -2.44. The first-order chi connectivity index (χ1) is 10.0. The maximum atomic E-state index is 11.7. The maximum absolute atomic E-state index is 11.7. The van der Waals surface area contributed by atoms with Crippen molar-refractivity contribution in [1.82, 2.24) is 9.62 Å². The maximum Gasteiger partial charge on any atom is 0.362 e. The van der Waals surface area contributed by atoms with Crippen LogP contribution in [-0.2, 0) is 29.5 Å². The minimum Gasteiger partial charge on any atom is -0.479 e. The highest BCUT2D eigenvalue weighted by Gasteiger charge is 2.52. The lowest BCUT2D eigenvalue weighted by atomic mass is 9.96. The predicted octanol–water partition coefficient (Wildman–Crippen LogP) is -2.21. The molecule has 1 heterocycles. The van der Waals surface area contributed by atoms with Crippen LogP contribution < -0.4 is 11.2 Å². The van der Waals surface area contributed by atoms with E-state index in [4.69, 9.17) is 15.6 Å². The van der Waals surface area contributed by atoms with Gasteiger partial charge in [0.1, 0.15) is 12.3 Å². The Labute approximate surface area is 125 Å². The number of aliphatic carboxylic acids is 1. The van der Waals surface area contributed by atoms with Gasteiger partial charge in [-0.25, -0.2) is 15.0 Å². The Hall–Kier alpha value is -2.02. The molecular formula is C10H15N3O8S. The van der Waals surface area contributed by atoms with Gasteiger partial charge in [-0.2, -0.15) is 8.42 Å². The molecule has 0 aromatic carbocycles. The van der Waals surface area contributed by atoms with Crippen LogP contribution in [0.3, 0.4) is 0 Å². The van der Waals surface area contributed by atoms with Gasteiger partial charge in [0.05, 0.1) is 11.7 Å². The van der Waals surface area contributed by atoms with E-state index < -0.39 is 39.9 Å². The van der Waals surface area contributed by atoms with E-state index in [2.05, 4.69) is 10.2 Å². The standard InChI is InChI=1S/C10H15N3O8S/c1-5-7(8(15)13(5)22(18,19)20)12-6(3-4-14)10(2,21-11)9(16)17/h3-5,7,12H,11H2,1-2H3,(H,16,17)(H,18,19,20). The Bertz CT molecular complexity index is 630. The third-order valence-corrected chi connectivity index (χ3v) is 4.30. The number of allylic oxidation sites excluding steroid dienone is 1. The molecule has 0 saturated carbocycles. The lowest BCUT2D eigenvalue weighted by molar-refractivity contribution is -0.160. The predicted molar refractivity (Wildman–Crippen MR) is 70.2 cm³/mol. The van der Waals surface area contributed by atoms with Gasteiger partial charge in [0.25, 0.3) is 5.91 Å². The molecule has 1 saturated heterocycles. The molecule has 124 valence electrons.